The Morgan fingerprint density at radius 3 is 1.95 bits per heavy atom. The van der Waals surface area contributed by atoms with Gasteiger partial charge < -0.3 is 18.8 Å². The largest absolute Gasteiger partial charge is 0.470 e. The van der Waals surface area contributed by atoms with E-state index in [0.717, 1.165) is 26.4 Å². The molecule has 0 bridgehead atoms. The van der Waals surface area contributed by atoms with Crippen LogP contribution in [0.5, 0.6) is 0 Å². The smallest absolute Gasteiger partial charge is 0.310 e. The van der Waals surface area contributed by atoms with E-state index in [4.69, 9.17) is 9.79 Å². The van der Waals surface area contributed by atoms with Gasteiger partial charge >= 0.3 is 15.4 Å². The maximum Gasteiger partial charge on any atom is 0.470 e. The molecule has 0 aliphatic heterocycles. The maximum absolute atomic E-state index is 12.8. The Labute approximate surface area is 109 Å². The van der Waals surface area contributed by atoms with Gasteiger partial charge in [-0.3, -0.25) is 9.09 Å². The molecule has 7 nitrogen and oxygen atoms in total. The van der Waals surface area contributed by atoms with Gasteiger partial charge in [-0.05, 0) is 17.7 Å². The van der Waals surface area contributed by atoms with Gasteiger partial charge in [0, 0.05) is 14.2 Å². The van der Waals surface area contributed by atoms with Crippen molar-refractivity contribution < 1.29 is 36.9 Å². The van der Waals surface area contributed by atoms with E-state index < -0.39 is 27.1 Å². The molecule has 1 atom stereocenters. The van der Waals surface area contributed by atoms with Crippen LogP contribution in [0.4, 0.5) is 4.39 Å². The van der Waals surface area contributed by atoms with Gasteiger partial charge in [0.15, 0.2) is 5.85 Å². The normalized spacial score (nSPS) is 14.4. The number of phosphoric ester groups is 1. The van der Waals surface area contributed by atoms with E-state index in [9.17, 15) is 13.5 Å². The molecular weight excluding hydrogens is 301 g/mol. The number of phosphoric acid groups is 1. The second-order valence-corrected chi connectivity index (χ2v) is 6.88. The van der Waals surface area contributed by atoms with Gasteiger partial charge in [0.25, 0.3) is 0 Å². The predicted octanol–water partition coefficient (Wildman–Crippen LogP) is 2.42. The molecular formula is C9H13FO7P2. The van der Waals surface area contributed by atoms with Crippen molar-refractivity contribution in [3.8, 4) is 0 Å². The molecule has 0 aliphatic rings. The Hall–Kier alpha value is -0.590. The topological polar surface area (TPSA) is 102 Å². The second-order valence-electron chi connectivity index (χ2n) is 3.40. The highest BCUT2D eigenvalue weighted by molar-refractivity contribution is 7.55. The van der Waals surface area contributed by atoms with Crippen LogP contribution in [0, 0.1) is 5.82 Å². The van der Waals surface area contributed by atoms with Crippen molar-refractivity contribution in [2.75, 3.05) is 14.2 Å². The molecule has 1 rings (SSSR count). The highest BCUT2D eigenvalue weighted by Gasteiger charge is 2.41. The second kappa shape index (κ2) is 6.24. The van der Waals surface area contributed by atoms with Gasteiger partial charge in [-0.1, -0.05) is 12.1 Å². The van der Waals surface area contributed by atoms with E-state index in [2.05, 4.69) is 13.6 Å². The van der Waals surface area contributed by atoms with Gasteiger partial charge in [-0.25, -0.2) is 8.96 Å². The lowest BCUT2D eigenvalue weighted by molar-refractivity contribution is 0.142. The predicted molar refractivity (Wildman–Crippen MR) is 63.9 cm³/mol. The third kappa shape index (κ3) is 4.47. The molecule has 0 heterocycles. The summed E-state index contributed by atoms with van der Waals surface area (Å²) in [4.78, 5) is 17.7. The molecule has 0 saturated heterocycles. The first kappa shape index (κ1) is 16.5. The molecule has 10 heteroatoms. The molecule has 19 heavy (non-hydrogen) atoms. The van der Waals surface area contributed by atoms with Gasteiger partial charge in [0.1, 0.15) is 5.82 Å². The van der Waals surface area contributed by atoms with Crippen LogP contribution in [0.15, 0.2) is 24.3 Å². The highest BCUT2D eigenvalue weighted by Crippen LogP contribution is 2.64. The minimum atomic E-state index is -4.95. The van der Waals surface area contributed by atoms with E-state index in [0.29, 0.717) is 0 Å². The van der Waals surface area contributed by atoms with Crippen LogP contribution in [0.1, 0.15) is 11.4 Å². The monoisotopic (exact) mass is 314 g/mol. The minimum Gasteiger partial charge on any atom is -0.310 e. The van der Waals surface area contributed by atoms with Gasteiger partial charge in [-0.15, -0.1) is 0 Å². The molecule has 2 N–H and O–H groups in total. The molecule has 0 radical (unpaired) electrons. The fourth-order valence-electron chi connectivity index (χ4n) is 1.32. The van der Waals surface area contributed by atoms with Crippen molar-refractivity contribution >= 4 is 15.4 Å². The van der Waals surface area contributed by atoms with Crippen molar-refractivity contribution in [3.05, 3.63) is 35.6 Å². The lowest BCUT2D eigenvalue weighted by Gasteiger charge is -2.24. The fourth-order valence-corrected chi connectivity index (χ4v) is 3.61. The van der Waals surface area contributed by atoms with Gasteiger partial charge in [-0.2, -0.15) is 0 Å². The van der Waals surface area contributed by atoms with Crippen molar-refractivity contribution in [2.24, 2.45) is 0 Å². The first-order chi connectivity index (χ1) is 8.72. The molecule has 0 aliphatic carbocycles. The minimum absolute atomic E-state index is 0.0526. The average Bonchev–Trinajstić information content (AvgIpc) is 2.35. The Balaban J connectivity index is 3.23. The van der Waals surface area contributed by atoms with Crippen LogP contribution in [0.2, 0.25) is 0 Å². The quantitative estimate of drug-likeness (QED) is 0.777. The standard InChI is InChI=1S/C9H13FO7P2/c1-15-18(11,16-2)9(17-19(12,13)14)7-3-5-8(10)6-4-7/h3-6,9H,1-2H3,(H2,12,13,14). The van der Waals surface area contributed by atoms with Crippen LogP contribution in [0.3, 0.4) is 0 Å². The summed E-state index contributed by atoms with van der Waals surface area (Å²) in [5.74, 6) is -2.23. The molecule has 0 spiro atoms. The van der Waals surface area contributed by atoms with Crippen LogP contribution < -0.4 is 0 Å². The lowest BCUT2D eigenvalue weighted by Crippen LogP contribution is -2.07. The van der Waals surface area contributed by atoms with Crippen LogP contribution in [-0.4, -0.2) is 24.0 Å². The number of hydrogen-bond donors (Lipinski definition) is 2. The molecule has 0 aromatic heterocycles. The van der Waals surface area contributed by atoms with Crippen LogP contribution in [0.25, 0.3) is 0 Å². The molecule has 1 unspecified atom stereocenters. The molecule has 108 valence electrons. The van der Waals surface area contributed by atoms with Gasteiger partial charge in [0.05, 0.1) is 0 Å². The van der Waals surface area contributed by atoms with Crippen molar-refractivity contribution in [2.45, 2.75) is 5.85 Å². The Morgan fingerprint density at radius 1 is 1.11 bits per heavy atom. The third-order valence-electron chi connectivity index (χ3n) is 2.19. The summed E-state index contributed by atoms with van der Waals surface area (Å²) < 4.78 is 49.7. The summed E-state index contributed by atoms with van der Waals surface area (Å²) in [6.45, 7) is 0. The van der Waals surface area contributed by atoms with Crippen molar-refractivity contribution in [1.82, 2.24) is 0 Å². The maximum atomic E-state index is 12.8. The van der Waals surface area contributed by atoms with Crippen LogP contribution >= 0.6 is 15.4 Å². The summed E-state index contributed by atoms with van der Waals surface area (Å²) in [6.07, 6.45) is 0. The van der Waals surface area contributed by atoms with E-state index in [1.54, 1.807) is 0 Å². The Kier molecular flexibility index (Phi) is 5.41. The zero-order valence-corrected chi connectivity index (χ0v) is 11.9. The Bertz CT molecular complexity index is 504. The summed E-state index contributed by atoms with van der Waals surface area (Å²) in [7, 11) is -6.82. The van der Waals surface area contributed by atoms with Crippen LogP contribution in [-0.2, 0) is 22.7 Å². The SMILES string of the molecule is COP(=O)(OC)C(OP(=O)(O)O)c1ccc(F)cc1. The fraction of sp³-hybridized carbons (Fsp3) is 0.333. The first-order valence-electron chi connectivity index (χ1n) is 4.92. The molecule has 1 aromatic carbocycles. The van der Waals surface area contributed by atoms with E-state index in [-0.39, 0.29) is 5.56 Å². The first-order valence-corrected chi connectivity index (χ1v) is 8.06. The summed E-state index contributed by atoms with van der Waals surface area (Å²) >= 11 is 0. The molecule has 0 amide bonds. The Morgan fingerprint density at radius 2 is 1.58 bits per heavy atom. The van der Waals surface area contributed by atoms with E-state index >= 15 is 0 Å². The molecule has 1 aromatic rings. The average molecular weight is 314 g/mol. The van der Waals surface area contributed by atoms with Crippen molar-refractivity contribution in [3.63, 3.8) is 0 Å². The van der Waals surface area contributed by atoms with Crippen molar-refractivity contribution in [1.29, 1.82) is 0 Å². The zero-order valence-electron chi connectivity index (χ0n) is 10.1. The number of halogens is 1. The zero-order chi connectivity index (χ0) is 14.7. The number of benzene rings is 1. The van der Waals surface area contributed by atoms with E-state index in [1.807, 2.05) is 0 Å². The summed E-state index contributed by atoms with van der Waals surface area (Å²) in [6, 6.07) is 4.39. The number of hydrogen-bond acceptors (Lipinski definition) is 5. The highest BCUT2D eigenvalue weighted by atomic mass is 31.2. The summed E-state index contributed by atoms with van der Waals surface area (Å²) in [5, 5.41) is 0. The third-order valence-corrected chi connectivity index (χ3v) is 4.84. The molecule has 0 saturated carbocycles. The molecule has 0 fully saturated rings. The van der Waals surface area contributed by atoms with E-state index in [1.165, 1.54) is 12.1 Å². The summed E-state index contributed by atoms with van der Waals surface area (Å²) in [5.41, 5.74) is 0.0526. The number of rotatable bonds is 6. The lowest BCUT2D eigenvalue weighted by atomic mass is 10.2. The van der Waals surface area contributed by atoms with Gasteiger partial charge in [0.2, 0.25) is 0 Å².